The smallest absolute Gasteiger partial charge is 0.243 e. The SMILES string of the molecule is COC1CC2(CCN(c3ccc(S(=O)(=O)N4CCC(Nc5ccc(C6(C#N)CC6)cn5)CC4)cc3)CC2)C1. The van der Waals surface area contributed by atoms with Gasteiger partial charge in [-0.2, -0.15) is 9.57 Å². The third kappa shape index (κ3) is 4.78. The minimum Gasteiger partial charge on any atom is -0.381 e. The summed E-state index contributed by atoms with van der Waals surface area (Å²) in [6.45, 7) is 2.99. The Kier molecular flexibility index (Phi) is 6.61. The van der Waals surface area contributed by atoms with Crippen molar-refractivity contribution in [3.05, 3.63) is 48.2 Å². The average Bonchev–Trinajstić information content (AvgIpc) is 3.74. The molecular formula is C29H37N5O3S. The van der Waals surface area contributed by atoms with Gasteiger partial charge in [-0.1, -0.05) is 6.07 Å². The van der Waals surface area contributed by atoms with E-state index in [4.69, 9.17) is 4.74 Å². The Bertz CT molecular complexity index is 1280. The molecule has 1 aromatic carbocycles. The number of rotatable bonds is 7. The number of anilines is 2. The summed E-state index contributed by atoms with van der Waals surface area (Å²) in [5.74, 6) is 0.777. The molecule has 1 aromatic heterocycles. The number of hydrogen-bond acceptors (Lipinski definition) is 7. The molecule has 2 aromatic rings. The van der Waals surface area contributed by atoms with Gasteiger partial charge in [0.2, 0.25) is 10.0 Å². The van der Waals surface area contributed by atoms with Gasteiger partial charge in [-0.3, -0.25) is 0 Å². The first-order valence-corrected chi connectivity index (χ1v) is 15.3. The summed E-state index contributed by atoms with van der Waals surface area (Å²) in [6.07, 6.45) is 10.2. The van der Waals surface area contributed by atoms with Gasteiger partial charge in [-0.05, 0) is 92.7 Å². The second kappa shape index (κ2) is 9.82. The fourth-order valence-corrected chi connectivity index (χ4v) is 7.97. The van der Waals surface area contributed by atoms with Crippen LogP contribution in [0.2, 0.25) is 0 Å². The lowest BCUT2D eigenvalue weighted by molar-refractivity contribution is -0.0708. The van der Waals surface area contributed by atoms with E-state index in [1.165, 1.54) is 25.7 Å². The van der Waals surface area contributed by atoms with Crippen LogP contribution in [0.4, 0.5) is 11.5 Å². The molecule has 38 heavy (non-hydrogen) atoms. The van der Waals surface area contributed by atoms with Crippen molar-refractivity contribution in [3.63, 3.8) is 0 Å². The van der Waals surface area contributed by atoms with Crippen LogP contribution in [0, 0.1) is 16.7 Å². The lowest BCUT2D eigenvalue weighted by atomic mass is 9.61. The summed E-state index contributed by atoms with van der Waals surface area (Å²) in [7, 11) is -1.71. The van der Waals surface area contributed by atoms with E-state index in [-0.39, 0.29) is 11.5 Å². The van der Waals surface area contributed by atoms with E-state index in [2.05, 4.69) is 21.3 Å². The fourth-order valence-electron chi connectivity index (χ4n) is 6.50. The zero-order valence-electron chi connectivity index (χ0n) is 22.1. The number of nitriles is 1. The molecule has 2 saturated heterocycles. The van der Waals surface area contributed by atoms with Gasteiger partial charge in [0.05, 0.1) is 22.5 Å². The molecule has 0 radical (unpaired) electrons. The maximum Gasteiger partial charge on any atom is 0.243 e. The minimum atomic E-state index is -3.52. The quantitative estimate of drug-likeness (QED) is 0.565. The molecule has 3 heterocycles. The van der Waals surface area contributed by atoms with E-state index in [1.54, 1.807) is 29.7 Å². The Labute approximate surface area is 226 Å². The van der Waals surface area contributed by atoms with E-state index in [0.29, 0.717) is 29.5 Å². The molecule has 9 heteroatoms. The summed E-state index contributed by atoms with van der Waals surface area (Å²) in [4.78, 5) is 7.26. The number of pyridine rings is 1. The minimum absolute atomic E-state index is 0.172. The van der Waals surface area contributed by atoms with Crippen LogP contribution in [0.5, 0.6) is 0 Å². The summed E-state index contributed by atoms with van der Waals surface area (Å²) >= 11 is 0. The van der Waals surface area contributed by atoms with Gasteiger partial charge in [0.1, 0.15) is 5.82 Å². The number of aromatic nitrogens is 1. The molecule has 1 N–H and O–H groups in total. The van der Waals surface area contributed by atoms with Crippen molar-refractivity contribution in [1.29, 1.82) is 5.26 Å². The van der Waals surface area contributed by atoms with E-state index in [0.717, 1.165) is 55.8 Å². The molecule has 2 saturated carbocycles. The third-order valence-electron chi connectivity index (χ3n) is 9.40. The Balaban J connectivity index is 1.01. The molecule has 6 rings (SSSR count). The summed E-state index contributed by atoms with van der Waals surface area (Å²) in [5.41, 5.74) is 2.22. The number of ether oxygens (including phenoxy) is 1. The number of benzene rings is 1. The molecule has 0 amide bonds. The highest BCUT2D eigenvalue weighted by molar-refractivity contribution is 7.89. The van der Waals surface area contributed by atoms with Crippen molar-refractivity contribution < 1.29 is 13.2 Å². The third-order valence-corrected chi connectivity index (χ3v) is 11.3. The standard InChI is InChI=1S/C29H37N5O3S/c1-37-25-18-28(19-25)12-16-33(17-13-28)24-3-5-26(6-4-24)38(35,36)34-14-8-23(9-15-34)32-27-7-2-22(20-31-27)29(21-30)10-11-29/h2-7,20,23,25H,8-19H2,1H3,(H,31,32). The van der Waals surface area contributed by atoms with Crippen LogP contribution in [0.3, 0.4) is 0 Å². The van der Waals surface area contributed by atoms with Crippen LogP contribution in [0.25, 0.3) is 0 Å². The monoisotopic (exact) mass is 535 g/mol. The van der Waals surface area contributed by atoms with Crippen LogP contribution < -0.4 is 10.2 Å². The fraction of sp³-hybridized carbons (Fsp3) is 0.586. The number of nitrogens with one attached hydrogen (secondary N) is 1. The molecule has 0 atom stereocenters. The van der Waals surface area contributed by atoms with E-state index in [9.17, 15) is 13.7 Å². The summed E-state index contributed by atoms with van der Waals surface area (Å²) in [5, 5.41) is 12.8. The molecule has 0 bridgehead atoms. The molecule has 8 nitrogen and oxygen atoms in total. The average molecular weight is 536 g/mol. The van der Waals surface area contributed by atoms with Crippen molar-refractivity contribution >= 4 is 21.5 Å². The van der Waals surface area contributed by atoms with Crippen molar-refractivity contribution in [1.82, 2.24) is 9.29 Å². The number of sulfonamides is 1. The number of hydrogen-bond donors (Lipinski definition) is 1. The lowest BCUT2D eigenvalue weighted by Crippen LogP contribution is -2.49. The molecule has 4 fully saturated rings. The van der Waals surface area contributed by atoms with Crippen molar-refractivity contribution in [2.75, 3.05) is 43.5 Å². The van der Waals surface area contributed by atoms with Gasteiger partial charge in [0, 0.05) is 51.2 Å². The zero-order chi connectivity index (χ0) is 26.4. The molecule has 2 aliphatic carbocycles. The maximum absolute atomic E-state index is 13.3. The summed E-state index contributed by atoms with van der Waals surface area (Å²) in [6, 6.07) is 14.0. The highest BCUT2D eigenvalue weighted by Crippen LogP contribution is 2.50. The lowest BCUT2D eigenvalue weighted by Gasteiger charge is -2.52. The molecular weight excluding hydrogens is 498 g/mol. The molecule has 2 aliphatic heterocycles. The first-order chi connectivity index (χ1) is 18.3. The highest BCUT2D eigenvalue weighted by Gasteiger charge is 2.46. The number of nitrogens with zero attached hydrogens (tertiary/aromatic N) is 4. The Morgan fingerprint density at radius 2 is 1.68 bits per heavy atom. The van der Waals surface area contributed by atoms with Gasteiger partial charge in [-0.15, -0.1) is 0 Å². The van der Waals surface area contributed by atoms with Crippen molar-refractivity contribution in [2.24, 2.45) is 5.41 Å². The molecule has 4 aliphatic rings. The Morgan fingerprint density at radius 3 is 2.24 bits per heavy atom. The predicted octanol–water partition coefficient (Wildman–Crippen LogP) is 4.30. The van der Waals surface area contributed by atoms with Gasteiger partial charge in [0.15, 0.2) is 0 Å². The first-order valence-electron chi connectivity index (χ1n) is 13.9. The maximum atomic E-state index is 13.3. The number of piperidine rings is 2. The topological polar surface area (TPSA) is 98.6 Å². The normalized spacial score (nSPS) is 23.5. The van der Waals surface area contributed by atoms with Gasteiger partial charge >= 0.3 is 0 Å². The number of methoxy groups -OCH3 is 1. The van der Waals surface area contributed by atoms with Gasteiger partial charge in [-0.25, -0.2) is 13.4 Å². The zero-order valence-corrected chi connectivity index (χ0v) is 22.9. The van der Waals surface area contributed by atoms with Gasteiger partial charge in [0.25, 0.3) is 0 Å². The second-order valence-corrected chi connectivity index (χ2v) is 13.6. The Hall–Kier alpha value is -2.67. The van der Waals surface area contributed by atoms with E-state index >= 15 is 0 Å². The predicted molar refractivity (Wildman–Crippen MR) is 147 cm³/mol. The Morgan fingerprint density at radius 1 is 1.00 bits per heavy atom. The van der Waals surface area contributed by atoms with E-state index in [1.807, 2.05) is 24.3 Å². The molecule has 202 valence electrons. The first kappa shape index (κ1) is 25.6. The second-order valence-electron chi connectivity index (χ2n) is 11.7. The van der Waals surface area contributed by atoms with Crippen LogP contribution in [0.15, 0.2) is 47.5 Å². The highest BCUT2D eigenvalue weighted by atomic mass is 32.2. The van der Waals surface area contributed by atoms with Gasteiger partial charge < -0.3 is 15.0 Å². The van der Waals surface area contributed by atoms with E-state index < -0.39 is 10.0 Å². The van der Waals surface area contributed by atoms with Crippen LogP contribution in [-0.4, -0.2) is 63.1 Å². The summed E-state index contributed by atoms with van der Waals surface area (Å²) < 4.78 is 33.8. The van der Waals surface area contributed by atoms with Crippen molar-refractivity contribution in [2.45, 2.75) is 73.8 Å². The van der Waals surface area contributed by atoms with Crippen LogP contribution in [0.1, 0.15) is 56.9 Å². The largest absolute Gasteiger partial charge is 0.381 e. The molecule has 1 spiro atoms. The van der Waals surface area contributed by atoms with Crippen molar-refractivity contribution in [3.8, 4) is 6.07 Å². The van der Waals surface area contributed by atoms with Crippen LogP contribution >= 0.6 is 0 Å². The molecule has 0 unspecified atom stereocenters. The van der Waals surface area contributed by atoms with Crippen LogP contribution in [-0.2, 0) is 20.2 Å².